The third-order valence-electron chi connectivity index (χ3n) is 4.29. The predicted octanol–water partition coefficient (Wildman–Crippen LogP) is 1.73. The topological polar surface area (TPSA) is 77.3 Å². The van der Waals surface area contributed by atoms with Gasteiger partial charge in [-0.2, -0.15) is 5.10 Å². The van der Waals surface area contributed by atoms with Crippen molar-refractivity contribution in [1.29, 1.82) is 0 Å². The Hall–Kier alpha value is -2.22. The van der Waals surface area contributed by atoms with Gasteiger partial charge in [0.1, 0.15) is 5.01 Å². The maximum atomic E-state index is 12.8. The van der Waals surface area contributed by atoms with Gasteiger partial charge in [0.05, 0.1) is 12.2 Å². The number of carbonyl (C=O) groups is 2. The second kappa shape index (κ2) is 6.72. The van der Waals surface area contributed by atoms with Gasteiger partial charge in [0.25, 0.3) is 5.91 Å². The second-order valence-corrected chi connectivity index (χ2v) is 6.89. The number of hydrogen-bond donors (Lipinski definition) is 0. The Morgan fingerprint density at radius 3 is 2.79 bits per heavy atom. The lowest BCUT2D eigenvalue weighted by Gasteiger charge is -2.24. The average Bonchev–Trinajstić information content (AvgIpc) is 3.25. The average molecular weight is 348 g/mol. The molecule has 1 aliphatic rings. The molecule has 1 fully saturated rings. The molecule has 8 heteroatoms. The fraction of sp³-hybridized carbons (Fsp3) is 0.500. The molecule has 2 aromatic rings. The monoisotopic (exact) mass is 348 g/mol. The summed E-state index contributed by atoms with van der Waals surface area (Å²) in [4.78, 5) is 30.2. The van der Waals surface area contributed by atoms with Crippen molar-refractivity contribution >= 4 is 23.2 Å². The molecule has 0 saturated carbocycles. The Labute approximate surface area is 144 Å². The molecule has 24 heavy (non-hydrogen) atoms. The third kappa shape index (κ3) is 3.33. The molecule has 0 aromatic carbocycles. The number of amides is 1. The standard InChI is InChI=1S/C16H20N4O3S/c1-10-12(11(2)19(3)18-10)8-20(9-14-17-6-7-24-14)16(22)13-4-5-15(21)23-13/h6-7,13H,4-5,8-9H2,1-3H3/t13-/m0/s1. The fourth-order valence-corrected chi connectivity index (χ4v) is 3.48. The minimum absolute atomic E-state index is 0.168. The van der Waals surface area contributed by atoms with Crippen LogP contribution in [-0.4, -0.2) is 37.6 Å². The number of hydrogen-bond acceptors (Lipinski definition) is 6. The van der Waals surface area contributed by atoms with E-state index < -0.39 is 6.10 Å². The molecular formula is C16H20N4O3S. The van der Waals surface area contributed by atoms with Gasteiger partial charge in [0.15, 0.2) is 6.10 Å². The summed E-state index contributed by atoms with van der Waals surface area (Å²) in [7, 11) is 1.89. The minimum atomic E-state index is -0.685. The van der Waals surface area contributed by atoms with Gasteiger partial charge in [-0.25, -0.2) is 4.98 Å². The van der Waals surface area contributed by atoms with Crippen LogP contribution in [-0.2, 0) is 34.5 Å². The first-order valence-electron chi connectivity index (χ1n) is 7.81. The van der Waals surface area contributed by atoms with Crippen LogP contribution in [0.1, 0.15) is 34.8 Å². The van der Waals surface area contributed by atoms with Crippen molar-refractivity contribution in [2.45, 2.75) is 45.9 Å². The highest BCUT2D eigenvalue weighted by Gasteiger charge is 2.34. The number of aryl methyl sites for hydroxylation is 2. The summed E-state index contributed by atoms with van der Waals surface area (Å²) in [6.45, 7) is 4.75. The maximum absolute atomic E-state index is 12.8. The van der Waals surface area contributed by atoms with Gasteiger partial charge < -0.3 is 9.64 Å². The van der Waals surface area contributed by atoms with Crippen LogP contribution in [0.4, 0.5) is 0 Å². The van der Waals surface area contributed by atoms with Gasteiger partial charge in [0.2, 0.25) is 0 Å². The first kappa shape index (κ1) is 16.6. The summed E-state index contributed by atoms with van der Waals surface area (Å²) < 4.78 is 6.97. The van der Waals surface area contributed by atoms with Crippen LogP contribution < -0.4 is 0 Å². The molecule has 2 aromatic heterocycles. The minimum Gasteiger partial charge on any atom is -0.452 e. The highest BCUT2D eigenvalue weighted by atomic mass is 32.1. The lowest BCUT2D eigenvalue weighted by molar-refractivity contribution is -0.153. The highest BCUT2D eigenvalue weighted by molar-refractivity contribution is 7.09. The molecule has 3 heterocycles. The summed E-state index contributed by atoms with van der Waals surface area (Å²) in [5.74, 6) is -0.477. The van der Waals surface area contributed by atoms with E-state index in [1.165, 1.54) is 11.3 Å². The number of cyclic esters (lactones) is 1. The van der Waals surface area contributed by atoms with E-state index in [1.54, 1.807) is 11.1 Å². The molecule has 7 nitrogen and oxygen atoms in total. The Morgan fingerprint density at radius 1 is 1.46 bits per heavy atom. The van der Waals surface area contributed by atoms with Gasteiger partial charge in [-0.1, -0.05) is 0 Å². The van der Waals surface area contributed by atoms with E-state index >= 15 is 0 Å². The molecule has 3 rings (SSSR count). The number of carbonyl (C=O) groups excluding carboxylic acids is 2. The van der Waals surface area contributed by atoms with E-state index in [2.05, 4.69) is 10.1 Å². The van der Waals surface area contributed by atoms with Gasteiger partial charge >= 0.3 is 5.97 Å². The number of ether oxygens (including phenoxy) is 1. The largest absolute Gasteiger partial charge is 0.452 e. The quantitative estimate of drug-likeness (QED) is 0.769. The lowest BCUT2D eigenvalue weighted by Crippen LogP contribution is -2.38. The van der Waals surface area contributed by atoms with Crippen LogP contribution in [0.2, 0.25) is 0 Å². The van der Waals surface area contributed by atoms with E-state index in [-0.39, 0.29) is 11.9 Å². The number of nitrogens with zero attached hydrogens (tertiary/aromatic N) is 4. The van der Waals surface area contributed by atoms with Crippen LogP contribution in [0, 0.1) is 13.8 Å². The zero-order valence-electron chi connectivity index (χ0n) is 14.0. The number of rotatable bonds is 5. The highest BCUT2D eigenvalue weighted by Crippen LogP contribution is 2.22. The van der Waals surface area contributed by atoms with Crippen LogP contribution in [0.5, 0.6) is 0 Å². The van der Waals surface area contributed by atoms with Crippen LogP contribution >= 0.6 is 11.3 Å². The molecule has 1 amide bonds. The number of aromatic nitrogens is 3. The molecule has 0 spiro atoms. The van der Waals surface area contributed by atoms with Crippen LogP contribution in [0.3, 0.4) is 0 Å². The van der Waals surface area contributed by atoms with E-state index in [0.717, 1.165) is 22.0 Å². The molecule has 0 unspecified atom stereocenters. The number of thiazole rings is 1. The zero-order valence-corrected chi connectivity index (χ0v) is 14.8. The van der Waals surface area contributed by atoms with Crippen molar-refractivity contribution in [3.8, 4) is 0 Å². The van der Waals surface area contributed by atoms with Crippen LogP contribution in [0.25, 0.3) is 0 Å². The van der Waals surface area contributed by atoms with Gasteiger partial charge in [0, 0.05) is 49.3 Å². The second-order valence-electron chi connectivity index (χ2n) is 5.91. The van der Waals surface area contributed by atoms with E-state index in [4.69, 9.17) is 4.74 Å². The SMILES string of the molecule is Cc1nn(C)c(C)c1CN(Cc1nccs1)C(=O)[C@@H]1CCC(=O)O1. The van der Waals surface area contributed by atoms with Gasteiger partial charge in [-0.05, 0) is 13.8 Å². The van der Waals surface area contributed by atoms with Crippen molar-refractivity contribution < 1.29 is 14.3 Å². The van der Waals surface area contributed by atoms with Gasteiger partial charge in [-0.3, -0.25) is 14.3 Å². The summed E-state index contributed by atoms with van der Waals surface area (Å²) in [5.41, 5.74) is 2.94. The van der Waals surface area contributed by atoms with E-state index in [0.29, 0.717) is 25.9 Å². The zero-order chi connectivity index (χ0) is 17.3. The molecule has 0 radical (unpaired) electrons. The molecule has 1 saturated heterocycles. The molecular weight excluding hydrogens is 328 g/mol. The first-order chi connectivity index (χ1) is 11.5. The predicted molar refractivity (Wildman–Crippen MR) is 88.2 cm³/mol. The Balaban J connectivity index is 1.84. The Kier molecular flexibility index (Phi) is 4.66. The molecule has 0 bridgehead atoms. The molecule has 1 aliphatic heterocycles. The smallest absolute Gasteiger partial charge is 0.306 e. The summed E-state index contributed by atoms with van der Waals surface area (Å²) >= 11 is 1.50. The normalized spacial score (nSPS) is 17.1. The maximum Gasteiger partial charge on any atom is 0.306 e. The number of esters is 1. The van der Waals surface area contributed by atoms with E-state index in [1.807, 2.05) is 31.0 Å². The lowest BCUT2D eigenvalue weighted by atomic mass is 10.1. The molecule has 1 atom stereocenters. The van der Waals surface area contributed by atoms with Gasteiger partial charge in [-0.15, -0.1) is 11.3 Å². The van der Waals surface area contributed by atoms with Crippen LogP contribution in [0.15, 0.2) is 11.6 Å². The van der Waals surface area contributed by atoms with Crippen molar-refractivity contribution in [3.05, 3.63) is 33.5 Å². The first-order valence-corrected chi connectivity index (χ1v) is 8.69. The molecule has 0 aliphatic carbocycles. The molecule has 128 valence electrons. The summed E-state index contributed by atoms with van der Waals surface area (Å²) in [6, 6.07) is 0. The third-order valence-corrected chi connectivity index (χ3v) is 5.05. The van der Waals surface area contributed by atoms with Crippen molar-refractivity contribution in [2.24, 2.45) is 7.05 Å². The van der Waals surface area contributed by atoms with Crippen molar-refractivity contribution in [3.63, 3.8) is 0 Å². The van der Waals surface area contributed by atoms with Crippen molar-refractivity contribution in [2.75, 3.05) is 0 Å². The Bertz CT molecular complexity index is 754. The summed E-state index contributed by atoms with van der Waals surface area (Å²) in [5, 5.41) is 7.15. The fourth-order valence-electron chi connectivity index (χ4n) is 2.85. The van der Waals surface area contributed by atoms with E-state index in [9.17, 15) is 9.59 Å². The molecule has 0 N–H and O–H groups in total. The van der Waals surface area contributed by atoms with Crippen molar-refractivity contribution in [1.82, 2.24) is 19.7 Å². The summed E-state index contributed by atoms with van der Waals surface area (Å²) in [6.07, 6.45) is 1.78. The Morgan fingerprint density at radius 2 is 2.25 bits per heavy atom.